The van der Waals surface area contributed by atoms with E-state index in [1.54, 1.807) is 29.4 Å². The summed E-state index contributed by atoms with van der Waals surface area (Å²) >= 11 is 0. The molecule has 1 aromatic rings. The molecule has 4 heteroatoms. The Balaban J connectivity index is 2.03. The largest absolute Gasteiger partial charge is 0.339 e. The van der Waals surface area contributed by atoms with Crippen LogP contribution in [0.4, 0.5) is 0 Å². The third-order valence-corrected chi connectivity index (χ3v) is 3.31. The molecule has 1 aliphatic rings. The molecule has 0 atom stereocenters. The average molecular weight is 232 g/mol. The highest BCUT2D eigenvalue weighted by atomic mass is 16.2. The molecule has 0 N–H and O–H groups in total. The van der Waals surface area contributed by atoms with Crippen molar-refractivity contribution in [3.63, 3.8) is 0 Å². The summed E-state index contributed by atoms with van der Waals surface area (Å²) in [5.41, 5.74) is 0.652. The Morgan fingerprint density at radius 1 is 1.29 bits per heavy atom. The van der Waals surface area contributed by atoms with Crippen molar-refractivity contribution in [2.24, 2.45) is 0 Å². The van der Waals surface area contributed by atoms with Gasteiger partial charge < -0.3 is 4.90 Å². The summed E-state index contributed by atoms with van der Waals surface area (Å²) in [6.07, 6.45) is 5.99. The van der Waals surface area contributed by atoms with Crippen LogP contribution in [0.15, 0.2) is 24.5 Å². The summed E-state index contributed by atoms with van der Waals surface area (Å²) in [5.74, 6) is 0.317. The first-order chi connectivity index (χ1) is 8.18. The van der Waals surface area contributed by atoms with Gasteiger partial charge in [0.15, 0.2) is 0 Å². The Morgan fingerprint density at radius 2 is 1.88 bits per heavy atom. The van der Waals surface area contributed by atoms with Crippen LogP contribution in [0, 0.1) is 0 Å². The van der Waals surface area contributed by atoms with Crippen molar-refractivity contribution in [2.75, 3.05) is 7.05 Å². The topological polar surface area (TPSA) is 50.3 Å². The maximum atomic E-state index is 12.1. The molecule has 1 heterocycles. The molecule has 0 spiro atoms. The van der Waals surface area contributed by atoms with Crippen LogP contribution in [-0.2, 0) is 4.79 Å². The first-order valence-electron chi connectivity index (χ1n) is 5.87. The quantitative estimate of drug-likeness (QED) is 0.779. The number of aromatic nitrogens is 1. The number of ketones is 1. The summed E-state index contributed by atoms with van der Waals surface area (Å²) in [4.78, 5) is 28.9. The lowest BCUT2D eigenvalue weighted by Gasteiger charge is -2.30. The molecule has 1 amide bonds. The molecule has 4 nitrogen and oxygen atoms in total. The number of hydrogen-bond donors (Lipinski definition) is 0. The number of pyridine rings is 1. The molecule has 2 rings (SSSR count). The standard InChI is InChI=1S/C13H16N2O2/c1-15(11-2-4-12(16)5-3-11)13(17)10-6-8-14-9-7-10/h6-9,11H,2-5H2,1H3. The smallest absolute Gasteiger partial charge is 0.253 e. The van der Waals surface area contributed by atoms with Crippen molar-refractivity contribution in [2.45, 2.75) is 31.7 Å². The van der Waals surface area contributed by atoms with E-state index in [9.17, 15) is 9.59 Å². The summed E-state index contributed by atoms with van der Waals surface area (Å²) in [6.45, 7) is 0. The van der Waals surface area contributed by atoms with Crippen LogP contribution >= 0.6 is 0 Å². The van der Waals surface area contributed by atoms with Gasteiger partial charge in [-0.05, 0) is 25.0 Å². The van der Waals surface area contributed by atoms with E-state index in [0.29, 0.717) is 24.2 Å². The molecule has 1 aromatic heterocycles. The molecule has 0 aromatic carbocycles. The minimum absolute atomic E-state index is 0.00625. The molecule has 1 saturated carbocycles. The molecule has 0 radical (unpaired) electrons. The van der Waals surface area contributed by atoms with Crippen LogP contribution in [0.2, 0.25) is 0 Å². The van der Waals surface area contributed by atoms with Crippen LogP contribution in [0.3, 0.4) is 0 Å². The highest BCUT2D eigenvalue weighted by Crippen LogP contribution is 2.20. The van der Waals surface area contributed by atoms with Crippen molar-refractivity contribution in [3.8, 4) is 0 Å². The predicted molar refractivity (Wildman–Crippen MR) is 63.6 cm³/mol. The van der Waals surface area contributed by atoms with E-state index in [1.807, 2.05) is 7.05 Å². The molecule has 0 bridgehead atoms. The average Bonchev–Trinajstić information content (AvgIpc) is 2.39. The van der Waals surface area contributed by atoms with E-state index >= 15 is 0 Å². The fraction of sp³-hybridized carbons (Fsp3) is 0.462. The van der Waals surface area contributed by atoms with Gasteiger partial charge in [-0.2, -0.15) is 0 Å². The van der Waals surface area contributed by atoms with Gasteiger partial charge in [0, 0.05) is 43.9 Å². The number of hydrogen-bond acceptors (Lipinski definition) is 3. The van der Waals surface area contributed by atoms with Crippen LogP contribution in [0.1, 0.15) is 36.0 Å². The fourth-order valence-electron chi connectivity index (χ4n) is 2.18. The minimum atomic E-state index is 0.00625. The lowest BCUT2D eigenvalue weighted by molar-refractivity contribution is -0.121. The number of carbonyl (C=O) groups is 2. The molecule has 0 saturated heterocycles. The van der Waals surface area contributed by atoms with E-state index < -0.39 is 0 Å². The lowest BCUT2D eigenvalue weighted by atomic mass is 9.93. The Hall–Kier alpha value is -1.71. The highest BCUT2D eigenvalue weighted by molar-refractivity contribution is 5.94. The van der Waals surface area contributed by atoms with Crippen LogP contribution < -0.4 is 0 Å². The van der Waals surface area contributed by atoms with E-state index in [1.165, 1.54) is 0 Å². The molecule has 1 fully saturated rings. The molecule has 1 aliphatic carbocycles. The van der Waals surface area contributed by atoms with Gasteiger partial charge >= 0.3 is 0 Å². The second-order valence-electron chi connectivity index (χ2n) is 4.42. The number of rotatable bonds is 2. The monoisotopic (exact) mass is 232 g/mol. The second kappa shape index (κ2) is 5.08. The maximum absolute atomic E-state index is 12.1. The Kier molecular flexibility index (Phi) is 3.52. The van der Waals surface area contributed by atoms with Crippen LogP contribution in [0.25, 0.3) is 0 Å². The summed E-state index contributed by atoms with van der Waals surface area (Å²) in [7, 11) is 1.81. The summed E-state index contributed by atoms with van der Waals surface area (Å²) in [5, 5.41) is 0. The zero-order valence-electron chi connectivity index (χ0n) is 9.93. The van der Waals surface area contributed by atoms with Crippen molar-refractivity contribution < 1.29 is 9.59 Å². The van der Waals surface area contributed by atoms with E-state index in [4.69, 9.17) is 0 Å². The Morgan fingerprint density at radius 3 is 2.47 bits per heavy atom. The van der Waals surface area contributed by atoms with Crippen LogP contribution in [-0.4, -0.2) is 34.7 Å². The fourth-order valence-corrected chi connectivity index (χ4v) is 2.18. The van der Waals surface area contributed by atoms with Gasteiger partial charge in [0.2, 0.25) is 0 Å². The Labute approximate surface area is 101 Å². The highest BCUT2D eigenvalue weighted by Gasteiger charge is 2.25. The third-order valence-electron chi connectivity index (χ3n) is 3.31. The molecule has 0 aliphatic heterocycles. The number of carbonyl (C=O) groups excluding carboxylic acids is 2. The number of amides is 1. The van der Waals surface area contributed by atoms with E-state index in [0.717, 1.165) is 12.8 Å². The third kappa shape index (κ3) is 2.70. The SMILES string of the molecule is CN(C(=O)c1ccncc1)C1CCC(=O)CC1. The Bertz CT molecular complexity index is 407. The lowest BCUT2D eigenvalue weighted by Crippen LogP contribution is -2.39. The number of Topliss-reactive ketones (excluding diaryl/α,β-unsaturated/α-hetero) is 1. The second-order valence-corrected chi connectivity index (χ2v) is 4.42. The van der Waals surface area contributed by atoms with Gasteiger partial charge in [-0.15, -0.1) is 0 Å². The molecular weight excluding hydrogens is 216 g/mol. The zero-order chi connectivity index (χ0) is 12.3. The van der Waals surface area contributed by atoms with Gasteiger partial charge in [-0.3, -0.25) is 14.6 Å². The van der Waals surface area contributed by atoms with Crippen LogP contribution in [0.5, 0.6) is 0 Å². The van der Waals surface area contributed by atoms with Crippen molar-refractivity contribution in [1.82, 2.24) is 9.88 Å². The van der Waals surface area contributed by atoms with Gasteiger partial charge in [0.05, 0.1) is 0 Å². The molecule has 17 heavy (non-hydrogen) atoms. The molecular formula is C13H16N2O2. The van der Waals surface area contributed by atoms with Gasteiger partial charge in [-0.25, -0.2) is 0 Å². The maximum Gasteiger partial charge on any atom is 0.253 e. The minimum Gasteiger partial charge on any atom is -0.339 e. The van der Waals surface area contributed by atoms with E-state index in [2.05, 4.69) is 4.98 Å². The van der Waals surface area contributed by atoms with Crippen molar-refractivity contribution >= 4 is 11.7 Å². The predicted octanol–water partition coefficient (Wildman–Crippen LogP) is 1.67. The first-order valence-corrected chi connectivity index (χ1v) is 5.87. The van der Waals surface area contributed by atoms with Crippen molar-refractivity contribution in [3.05, 3.63) is 30.1 Å². The normalized spacial score (nSPS) is 16.9. The number of nitrogens with zero attached hydrogens (tertiary/aromatic N) is 2. The molecule has 90 valence electrons. The summed E-state index contributed by atoms with van der Waals surface area (Å²) < 4.78 is 0. The van der Waals surface area contributed by atoms with Gasteiger partial charge in [0.1, 0.15) is 5.78 Å². The van der Waals surface area contributed by atoms with Gasteiger partial charge in [-0.1, -0.05) is 0 Å². The summed E-state index contributed by atoms with van der Waals surface area (Å²) in [6, 6.07) is 3.62. The zero-order valence-corrected chi connectivity index (χ0v) is 9.93. The van der Waals surface area contributed by atoms with E-state index in [-0.39, 0.29) is 11.9 Å². The van der Waals surface area contributed by atoms with Crippen molar-refractivity contribution in [1.29, 1.82) is 0 Å². The first kappa shape index (κ1) is 11.8. The van der Waals surface area contributed by atoms with Gasteiger partial charge in [0.25, 0.3) is 5.91 Å². The molecule has 0 unspecified atom stereocenters.